The van der Waals surface area contributed by atoms with Crippen LogP contribution in [0.5, 0.6) is 0 Å². The Hall–Kier alpha value is -5.60. The molecule has 0 spiro atoms. The summed E-state index contributed by atoms with van der Waals surface area (Å²) < 4.78 is 0. The Morgan fingerprint density at radius 2 is 0.966 bits per heavy atom. The van der Waals surface area contributed by atoms with E-state index in [1.807, 2.05) is 32.0 Å². The Morgan fingerprint density at radius 3 is 1.36 bits per heavy atom. The first kappa shape index (κ1) is 40.6. The van der Waals surface area contributed by atoms with Crippen molar-refractivity contribution in [3.63, 3.8) is 0 Å². The number of allylic oxidation sites excluding steroid dienone is 2. The molecule has 5 aromatic rings. The topological polar surface area (TPSA) is 37.6 Å². The summed E-state index contributed by atoms with van der Waals surface area (Å²) in [4.78, 5) is 15.0. The molecule has 7 rings (SSSR count). The predicted octanol–water partition coefficient (Wildman–Crippen LogP) is 13.1. The minimum atomic E-state index is -1.62. The minimum absolute atomic E-state index is 0.0227. The summed E-state index contributed by atoms with van der Waals surface area (Å²) in [6.45, 7) is 23.0. The third-order valence-electron chi connectivity index (χ3n) is 12.3. The van der Waals surface area contributed by atoms with Gasteiger partial charge in [0.1, 0.15) is 0 Å². The van der Waals surface area contributed by atoms with Gasteiger partial charge < -0.3 is 0 Å². The van der Waals surface area contributed by atoms with E-state index in [0.717, 1.165) is 69.3 Å². The first-order chi connectivity index (χ1) is 27.6. The average Bonchev–Trinajstić information content (AvgIpc) is 3.77. The molecular formula is C53H55N3Si2. The molecule has 0 bridgehead atoms. The summed E-state index contributed by atoms with van der Waals surface area (Å²) in [6, 6.07) is 36.3. The van der Waals surface area contributed by atoms with Crippen molar-refractivity contribution in [3.8, 4) is 23.7 Å². The van der Waals surface area contributed by atoms with Crippen LogP contribution in [-0.2, 0) is 10.1 Å². The monoisotopic (exact) mass is 789 g/mol. The Kier molecular flexibility index (Phi) is 11.2. The quantitative estimate of drug-likeness (QED) is 0.0876. The zero-order valence-corrected chi connectivity index (χ0v) is 37.9. The molecule has 0 saturated heterocycles. The van der Waals surface area contributed by atoms with Gasteiger partial charge in [0, 0.05) is 34.0 Å². The summed E-state index contributed by atoms with van der Waals surface area (Å²) in [5, 5.41) is 0.0453. The van der Waals surface area contributed by atoms with E-state index in [9.17, 15) is 0 Å². The van der Waals surface area contributed by atoms with Gasteiger partial charge in [-0.15, -0.1) is 0 Å². The molecule has 0 amide bonds. The van der Waals surface area contributed by atoms with E-state index < -0.39 is 16.1 Å². The summed E-state index contributed by atoms with van der Waals surface area (Å²) in [5.41, 5.74) is 14.9. The van der Waals surface area contributed by atoms with E-state index in [0.29, 0.717) is 0 Å². The Balaban J connectivity index is 1.04. The smallest absolute Gasteiger partial charge is 0.0849 e. The molecule has 0 aliphatic heterocycles. The molecule has 0 fully saturated rings. The van der Waals surface area contributed by atoms with Crippen LogP contribution in [0.1, 0.15) is 82.6 Å². The summed E-state index contributed by atoms with van der Waals surface area (Å²) in [6.07, 6.45) is 11.1. The highest BCUT2D eigenvalue weighted by Crippen LogP contribution is 2.46. The molecule has 4 aromatic carbocycles. The van der Waals surface area contributed by atoms with Crippen molar-refractivity contribution < 1.29 is 0 Å². The Morgan fingerprint density at radius 1 is 0.552 bits per heavy atom. The number of benzene rings is 4. The van der Waals surface area contributed by atoms with Gasteiger partial charge in [-0.25, -0.2) is 4.98 Å². The van der Waals surface area contributed by atoms with E-state index in [2.05, 4.69) is 186 Å². The molecule has 5 heteroatoms. The molecule has 3 nitrogen and oxygen atoms in total. The van der Waals surface area contributed by atoms with E-state index in [1.165, 1.54) is 22.3 Å². The van der Waals surface area contributed by atoms with E-state index >= 15 is 0 Å². The third-order valence-corrected chi connectivity index (χ3v) is 18.9. The molecule has 2 aliphatic carbocycles. The standard InChI is InChI=1S/C53H55N3Si2/c1-38-36-42(18-16-32-52(57(5,6)7)34-30-44-20-11-13-22-46(44)52)26-28-48(38)54-40(3)50-24-15-25-51(56-50)41(4)55-49-29-27-43(37-39(49)2)19-17-33-53(58(8,9)10)35-31-45-21-12-14-23-47(45)53/h11-15,20-31,34-37H,32-33H2,1-10H3. The van der Waals surface area contributed by atoms with Gasteiger partial charge in [0.05, 0.1) is 50.3 Å². The largest absolute Gasteiger partial charge is 0.251 e. The third kappa shape index (κ3) is 7.95. The number of hydrogen-bond acceptors (Lipinski definition) is 3. The molecule has 0 radical (unpaired) electrons. The van der Waals surface area contributed by atoms with Gasteiger partial charge >= 0.3 is 0 Å². The van der Waals surface area contributed by atoms with Crippen LogP contribution in [0.2, 0.25) is 39.3 Å². The lowest BCUT2D eigenvalue weighted by Gasteiger charge is -2.39. The molecule has 1 heterocycles. The number of nitrogens with zero attached hydrogens (tertiary/aromatic N) is 3. The van der Waals surface area contributed by atoms with Crippen molar-refractivity contribution in [3.05, 3.63) is 171 Å². The highest BCUT2D eigenvalue weighted by Gasteiger charge is 2.46. The highest BCUT2D eigenvalue weighted by atomic mass is 28.3. The van der Waals surface area contributed by atoms with Crippen LogP contribution in [0.3, 0.4) is 0 Å². The fourth-order valence-electron chi connectivity index (χ4n) is 8.49. The maximum atomic E-state index is 5.02. The van der Waals surface area contributed by atoms with Crippen LogP contribution in [0.25, 0.3) is 12.2 Å². The molecule has 0 saturated carbocycles. The minimum Gasteiger partial charge on any atom is -0.251 e. The van der Waals surface area contributed by atoms with Crippen LogP contribution in [-0.4, -0.2) is 32.6 Å². The van der Waals surface area contributed by atoms with E-state index in [1.54, 1.807) is 0 Å². The molecule has 0 N–H and O–H groups in total. The van der Waals surface area contributed by atoms with Crippen LogP contribution in [0.15, 0.2) is 125 Å². The molecule has 2 atom stereocenters. The summed E-state index contributed by atoms with van der Waals surface area (Å²) >= 11 is 0. The van der Waals surface area contributed by atoms with Gasteiger partial charge in [-0.05, 0) is 110 Å². The van der Waals surface area contributed by atoms with Gasteiger partial charge in [-0.3, -0.25) is 9.98 Å². The second kappa shape index (κ2) is 16.0. The number of aliphatic imine (C=N–C) groups is 2. The summed E-state index contributed by atoms with van der Waals surface area (Å²) in [5.74, 6) is 14.1. The first-order valence-electron chi connectivity index (χ1n) is 20.5. The van der Waals surface area contributed by atoms with Gasteiger partial charge in [-0.2, -0.15) is 0 Å². The van der Waals surface area contributed by atoms with Crippen LogP contribution >= 0.6 is 0 Å². The predicted molar refractivity (Wildman–Crippen MR) is 254 cm³/mol. The molecular weight excluding hydrogens is 735 g/mol. The van der Waals surface area contributed by atoms with Crippen LogP contribution < -0.4 is 0 Å². The lowest BCUT2D eigenvalue weighted by molar-refractivity contribution is 0.757. The lowest BCUT2D eigenvalue weighted by atomic mass is 9.96. The number of aryl methyl sites for hydroxylation is 2. The molecule has 1 aromatic heterocycles. The van der Waals surface area contributed by atoms with Crippen molar-refractivity contribution in [1.82, 2.24) is 4.98 Å². The first-order valence-corrected chi connectivity index (χ1v) is 27.5. The summed E-state index contributed by atoms with van der Waals surface area (Å²) in [7, 11) is -3.24. The number of hydrogen-bond donors (Lipinski definition) is 0. The van der Waals surface area contributed by atoms with Crippen molar-refractivity contribution in [2.45, 2.75) is 89.9 Å². The maximum Gasteiger partial charge on any atom is 0.0849 e. The van der Waals surface area contributed by atoms with Crippen LogP contribution in [0.4, 0.5) is 11.4 Å². The fourth-order valence-corrected chi connectivity index (χ4v) is 13.0. The Labute approximate surface area is 349 Å². The molecule has 290 valence electrons. The normalized spacial score (nSPS) is 18.6. The van der Waals surface area contributed by atoms with Gasteiger partial charge in [-0.1, -0.05) is 142 Å². The zero-order valence-electron chi connectivity index (χ0n) is 35.9. The van der Waals surface area contributed by atoms with Gasteiger partial charge in [0.2, 0.25) is 0 Å². The van der Waals surface area contributed by atoms with Crippen molar-refractivity contribution in [1.29, 1.82) is 0 Å². The van der Waals surface area contributed by atoms with E-state index in [4.69, 9.17) is 15.0 Å². The van der Waals surface area contributed by atoms with Crippen molar-refractivity contribution in [2.75, 3.05) is 0 Å². The molecule has 58 heavy (non-hydrogen) atoms. The Bertz CT molecular complexity index is 2480. The lowest BCUT2D eigenvalue weighted by Crippen LogP contribution is -2.47. The van der Waals surface area contributed by atoms with Crippen molar-refractivity contribution in [2.24, 2.45) is 9.98 Å². The maximum absolute atomic E-state index is 5.02. The van der Waals surface area contributed by atoms with E-state index in [-0.39, 0.29) is 10.1 Å². The average molecular weight is 790 g/mol. The number of fused-ring (bicyclic) bond motifs is 2. The fraction of sp³-hybridized carbons (Fsp3) is 0.264. The number of rotatable bonds is 8. The number of aromatic nitrogens is 1. The number of pyridine rings is 1. The highest BCUT2D eigenvalue weighted by molar-refractivity contribution is 6.80. The second-order valence-corrected chi connectivity index (χ2v) is 28.8. The van der Waals surface area contributed by atoms with Gasteiger partial charge in [0.25, 0.3) is 0 Å². The zero-order chi connectivity index (χ0) is 41.3. The molecule has 2 unspecified atom stereocenters. The van der Waals surface area contributed by atoms with Gasteiger partial charge in [0.15, 0.2) is 0 Å². The van der Waals surface area contributed by atoms with Crippen molar-refractivity contribution >= 4 is 51.1 Å². The second-order valence-electron chi connectivity index (χ2n) is 18.0. The SMILES string of the molecule is CC(=Nc1ccc(C#CCC2([Si](C)(C)C)C=Cc3ccccc32)cc1C)c1cccc(C(C)=Nc2ccc(C#CCC3([Si](C)(C)C)C=Cc4ccccc43)cc2C)n1. The van der Waals surface area contributed by atoms with Crippen LogP contribution in [0, 0.1) is 37.5 Å². The molecule has 2 aliphatic rings.